The quantitative estimate of drug-likeness (QED) is 0.442. The standard InChI is InChI=1S/C14H22N4O/c1-10-6-3-2-4-7-11(10)17-14(19)12-8-5-9-13(16-12)18-15/h5,8-11H,2-4,6-7,15H2,1H3,(H,16,18)(H,17,19). The lowest BCUT2D eigenvalue weighted by Gasteiger charge is -2.22. The molecule has 2 rings (SSSR count). The Morgan fingerprint density at radius 2 is 2.11 bits per heavy atom. The number of hydrogen-bond donors (Lipinski definition) is 3. The second-order valence-corrected chi connectivity index (χ2v) is 5.25. The molecule has 0 radical (unpaired) electrons. The van der Waals surface area contributed by atoms with Crippen LogP contribution in [0.4, 0.5) is 5.82 Å². The molecule has 0 bridgehead atoms. The zero-order valence-electron chi connectivity index (χ0n) is 11.4. The third kappa shape index (κ3) is 3.67. The maximum Gasteiger partial charge on any atom is 0.270 e. The molecular weight excluding hydrogens is 240 g/mol. The molecule has 4 N–H and O–H groups in total. The summed E-state index contributed by atoms with van der Waals surface area (Å²) in [6.45, 7) is 2.21. The Morgan fingerprint density at radius 1 is 1.32 bits per heavy atom. The van der Waals surface area contributed by atoms with E-state index >= 15 is 0 Å². The van der Waals surface area contributed by atoms with Gasteiger partial charge in [0.05, 0.1) is 0 Å². The summed E-state index contributed by atoms with van der Waals surface area (Å²) in [5.74, 6) is 6.22. The largest absolute Gasteiger partial charge is 0.348 e. The van der Waals surface area contributed by atoms with Crippen molar-refractivity contribution < 1.29 is 4.79 Å². The van der Waals surface area contributed by atoms with Gasteiger partial charge in [0.2, 0.25) is 0 Å². The summed E-state index contributed by atoms with van der Waals surface area (Å²) in [5, 5.41) is 3.11. The fourth-order valence-electron chi connectivity index (χ4n) is 2.59. The minimum absolute atomic E-state index is 0.115. The van der Waals surface area contributed by atoms with Gasteiger partial charge < -0.3 is 10.7 Å². The van der Waals surface area contributed by atoms with Gasteiger partial charge in [-0.2, -0.15) is 0 Å². The summed E-state index contributed by atoms with van der Waals surface area (Å²) in [5.41, 5.74) is 2.86. The summed E-state index contributed by atoms with van der Waals surface area (Å²) in [6, 6.07) is 5.46. The summed E-state index contributed by atoms with van der Waals surface area (Å²) in [7, 11) is 0. The van der Waals surface area contributed by atoms with Crippen molar-refractivity contribution in [2.75, 3.05) is 5.43 Å². The van der Waals surface area contributed by atoms with Crippen molar-refractivity contribution in [3.63, 3.8) is 0 Å². The zero-order chi connectivity index (χ0) is 13.7. The fourth-order valence-corrected chi connectivity index (χ4v) is 2.59. The molecule has 0 aliphatic heterocycles. The first-order valence-electron chi connectivity index (χ1n) is 6.95. The molecule has 1 amide bonds. The van der Waals surface area contributed by atoms with E-state index in [1.807, 2.05) is 0 Å². The number of pyridine rings is 1. The average Bonchev–Trinajstić information content (AvgIpc) is 2.64. The van der Waals surface area contributed by atoms with Gasteiger partial charge in [-0.3, -0.25) is 4.79 Å². The number of nitrogens with one attached hydrogen (secondary N) is 2. The lowest BCUT2D eigenvalue weighted by atomic mass is 9.97. The number of carbonyl (C=O) groups is 1. The number of anilines is 1. The topological polar surface area (TPSA) is 80.0 Å². The van der Waals surface area contributed by atoms with Gasteiger partial charge in [-0.25, -0.2) is 10.8 Å². The van der Waals surface area contributed by atoms with Crippen molar-refractivity contribution in [3.05, 3.63) is 23.9 Å². The van der Waals surface area contributed by atoms with Gasteiger partial charge in [0, 0.05) is 6.04 Å². The maximum atomic E-state index is 12.2. The highest BCUT2D eigenvalue weighted by molar-refractivity contribution is 5.92. The van der Waals surface area contributed by atoms with E-state index < -0.39 is 0 Å². The van der Waals surface area contributed by atoms with E-state index in [4.69, 9.17) is 5.84 Å². The normalized spacial score (nSPS) is 23.5. The van der Waals surface area contributed by atoms with Crippen molar-refractivity contribution in [2.24, 2.45) is 11.8 Å². The van der Waals surface area contributed by atoms with Crippen LogP contribution in [0.3, 0.4) is 0 Å². The van der Waals surface area contributed by atoms with Crippen molar-refractivity contribution in [2.45, 2.75) is 45.1 Å². The summed E-state index contributed by atoms with van der Waals surface area (Å²) >= 11 is 0. The highest BCUT2D eigenvalue weighted by atomic mass is 16.1. The molecule has 19 heavy (non-hydrogen) atoms. The van der Waals surface area contributed by atoms with E-state index in [-0.39, 0.29) is 11.9 Å². The minimum atomic E-state index is -0.115. The van der Waals surface area contributed by atoms with Crippen molar-refractivity contribution in [3.8, 4) is 0 Å². The van der Waals surface area contributed by atoms with Crippen LogP contribution in [0.1, 0.15) is 49.5 Å². The van der Waals surface area contributed by atoms with E-state index in [1.54, 1.807) is 18.2 Å². The third-order valence-corrected chi connectivity index (χ3v) is 3.81. The molecule has 1 saturated carbocycles. The van der Waals surface area contributed by atoms with Crippen molar-refractivity contribution >= 4 is 11.7 Å². The molecule has 0 saturated heterocycles. The number of nitrogens with zero attached hydrogens (tertiary/aromatic N) is 1. The summed E-state index contributed by atoms with van der Waals surface area (Å²) in [6.07, 6.45) is 5.96. The molecule has 2 atom stereocenters. The number of rotatable bonds is 3. The van der Waals surface area contributed by atoms with Gasteiger partial charge in [0.1, 0.15) is 11.5 Å². The molecule has 0 aromatic carbocycles. The Labute approximate surface area is 114 Å². The van der Waals surface area contributed by atoms with Crippen LogP contribution in [-0.4, -0.2) is 16.9 Å². The van der Waals surface area contributed by atoms with Crippen molar-refractivity contribution in [1.29, 1.82) is 0 Å². The average molecular weight is 262 g/mol. The van der Waals surface area contributed by atoms with E-state index in [2.05, 4.69) is 22.7 Å². The second-order valence-electron chi connectivity index (χ2n) is 5.25. The molecule has 1 aromatic heterocycles. The van der Waals surface area contributed by atoms with Crippen LogP contribution in [0.25, 0.3) is 0 Å². The first-order valence-corrected chi connectivity index (χ1v) is 6.95. The molecule has 1 aromatic rings. The molecule has 5 heteroatoms. The van der Waals surface area contributed by atoms with Gasteiger partial charge in [0.25, 0.3) is 5.91 Å². The summed E-state index contributed by atoms with van der Waals surface area (Å²) in [4.78, 5) is 16.4. The highest BCUT2D eigenvalue weighted by Crippen LogP contribution is 2.23. The van der Waals surface area contributed by atoms with Crippen LogP contribution in [-0.2, 0) is 0 Å². The van der Waals surface area contributed by atoms with E-state index in [0.29, 0.717) is 17.4 Å². The van der Waals surface area contributed by atoms with Gasteiger partial charge in [-0.15, -0.1) is 0 Å². The Bertz CT molecular complexity index is 435. The minimum Gasteiger partial charge on any atom is -0.348 e. The molecule has 5 nitrogen and oxygen atoms in total. The van der Waals surface area contributed by atoms with Crippen LogP contribution < -0.4 is 16.6 Å². The van der Waals surface area contributed by atoms with Gasteiger partial charge in [-0.1, -0.05) is 32.3 Å². The second kappa shape index (κ2) is 6.52. The van der Waals surface area contributed by atoms with Crippen molar-refractivity contribution in [1.82, 2.24) is 10.3 Å². The Morgan fingerprint density at radius 3 is 2.89 bits per heavy atom. The number of nitrogen functional groups attached to an aromatic ring is 1. The number of hydrazine groups is 1. The number of carbonyl (C=O) groups excluding carboxylic acids is 1. The van der Waals surface area contributed by atoms with Crippen LogP contribution >= 0.6 is 0 Å². The number of nitrogens with two attached hydrogens (primary N) is 1. The Balaban J connectivity index is 2.02. The predicted octanol–water partition coefficient (Wildman–Crippen LogP) is 2.07. The molecule has 0 spiro atoms. The number of aromatic nitrogens is 1. The van der Waals surface area contributed by atoms with E-state index in [0.717, 1.165) is 6.42 Å². The molecule has 1 aliphatic carbocycles. The first-order chi connectivity index (χ1) is 9.20. The molecule has 1 aliphatic rings. The van der Waals surface area contributed by atoms with E-state index in [1.165, 1.54) is 25.7 Å². The first kappa shape index (κ1) is 13.8. The Kier molecular flexibility index (Phi) is 4.74. The van der Waals surface area contributed by atoms with Gasteiger partial charge in [-0.05, 0) is 30.9 Å². The predicted molar refractivity (Wildman–Crippen MR) is 75.6 cm³/mol. The van der Waals surface area contributed by atoms with Crippen LogP contribution in [0.5, 0.6) is 0 Å². The number of hydrogen-bond acceptors (Lipinski definition) is 4. The third-order valence-electron chi connectivity index (χ3n) is 3.81. The fraction of sp³-hybridized carbons (Fsp3) is 0.571. The lowest BCUT2D eigenvalue weighted by Crippen LogP contribution is -2.39. The molecule has 1 fully saturated rings. The zero-order valence-corrected chi connectivity index (χ0v) is 11.4. The van der Waals surface area contributed by atoms with Crippen LogP contribution in [0.15, 0.2) is 18.2 Å². The Hall–Kier alpha value is -1.62. The van der Waals surface area contributed by atoms with Crippen LogP contribution in [0, 0.1) is 5.92 Å². The molecule has 2 unspecified atom stereocenters. The van der Waals surface area contributed by atoms with Gasteiger partial charge in [0.15, 0.2) is 0 Å². The molecular formula is C14H22N4O. The number of amides is 1. The summed E-state index contributed by atoms with van der Waals surface area (Å²) < 4.78 is 0. The monoisotopic (exact) mass is 262 g/mol. The SMILES string of the molecule is CC1CCCCCC1NC(=O)c1cccc(NN)n1. The van der Waals surface area contributed by atoms with Crippen LogP contribution in [0.2, 0.25) is 0 Å². The molecule has 1 heterocycles. The maximum absolute atomic E-state index is 12.2. The highest BCUT2D eigenvalue weighted by Gasteiger charge is 2.22. The lowest BCUT2D eigenvalue weighted by molar-refractivity contribution is 0.0916. The smallest absolute Gasteiger partial charge is 0.270 e. The van der Waals surface area contributed by atoms with Gasteiger partial charge >= 0.3 is 0 Å². The molecule has 104 valence electrons. The van der Waals surface area contributed by atoms with E-state index in [9.17, 15) is 4.79 Å².